The average Bonchev–Trinajstić information content (AvgIpc) is 3.19. The van der Waals surface area contributed by atoms with Crippen molar-refractivity contribution >= 4 is 44.5 Å². The Kier molecular flexibility index (Phi) is 6.11. The van der Waals surface area contributed by atoms with E-state index in [-0.39, 0.29) is 17.0 Å². The van der Waals surface area contributed by atoms with Gasteiger partial charge in [0.05, 0.1) is 21.7 Å². The van der Waals surface area contributed by atoms with Gasteiger partial charge in [-0.15, -0.1) is 11.3 Å². The fourth-order valence-electron chi connectivity index (χ4n) is 3.33. The maximum absolute atomic E-state index is 12.7. The van der Waals surface area contributed by atoms with Crippen molar-refractivity contribution in [3.63, 3.8) is 0 Å². The molecule has 33 heavy (non-hydrogen) atoms. The molecule has 1 aromatic heterocycles. The molecule has 4 rings (SSSR count). The summed E-state index contributed by atoms with van der Waals surface area (Å²) >= 11 is 1.56. The van der Waals surface area contributed by atoms with Crippen LogP contribution in [0.5, 0.6) is 0 Å². The number of aromatic nitrogens is 1. The van der Waals surface area contributed by atoms with Crippen molar-refractivity contribution < 1.29 is 9.72 Å². The summed E-state index contributed by atoms with van der Waals surface area (Å²) in [6.45, 7) is 6.92. The summed E-state index contributed by atoms with van der Waals surface area (Å²) in [6.07, 6.45) is 0. The first-order chi connectivity index (χ1) is 15.7. The van der Waals surface area contributed by atoms with Crippen LogP contribution in [0.2, 0.25) is 0 Å². The molecule has 0 spiro atoms. The van der Waals surface area contributed by atoms with Gasteiger partial charge in [0.25, 0.3) is 11.6 Å². The SMILES string of the molecule is CC(C)(C)c1ccc(C(=O)Nc2ccc3sc(CNc4ccc([N+](=O)[O-])cc4)nc3c2)cc1. The molecule has 0 atom stereocenters. The van der Waals surface area contributed by atoms with E-state index in [1.54, 1.807) is 23.5 Å². The first kappa shape index (κ1) is 22.4. The predicted octanol–water partition coefficient (Wildman–Crippen LogP) is 6.37. The smallest absolute Gasteiger partial charge is 0.269 e. The van der Waals surface area contributed by atoms with Gasteiger partial charge >= 0.3 is 0 Å². The highest BCUT2D eigenvalue weighted by Crippen LogP contribution is 2.27. The molecule has 2 N–H and O–H groups in total. The molecule has 0 aliphatic rings. The number of nitro benzene ring substituents is 1. The van der Waals surface area contributed by atoms with Gasteiger partial charge in [0.2, 0.25) is 0 Å². The Bertz CT molecular complexity index is 1310. The molecule has 7 nitrogen and oxygen atoms in total. The van der Waals surface area contributed by atoms with Crippen molar-refractivity contribution in [1.82, 2.24) is 4.98 Å². The van der Waals surface area contributed by atoms with E-state index in [0.717, 1.165) is 20.9 Å². The number of nitrogens with zero attached hydrogens (tertiary/aromatic N) is 2. The van der Waals surface area contributed by atoms with Gasteiger partial charge < -0.3 is 10.6 Å². The van der Waals surface area contributed by atoms with Crippen molar-refractivity contribution in [2.24, 2.45) is 0 Å². The van der Waals surface area contributed by atoms with Crippen molar-refractivity contribution in [1.29, 1.82) is 0 Å². The van der Waals surface area contributed by atoms with Crippen LogP contribution in [0.25, 0.3) is 10.2 Å². The third-order valence-corrected chi connectivity index (χ3v) is 6.26. The van der Waals surface area contributed by atoms with E-state index >= 15 is 0 Å². The van der Waals surface area contributed by atoms with Crippen LogP contribution in [0, 0.1) is 10.1 Å². The number of fused-ring (bicyclic) bond motifs is 1. The Morgan fingerprint density at radius 3 is 2.30 bits per heavy atom. The first-order valence-electron chi connectivity index (χ1n) is 10.5. The van der Waals surface area contributed by atoms with Crippen LogP contribution in [-0.2, 0) is 12.0 Å². The molecule has 0 unspecified atom stereocenters. The van der Waals surface area contributed by atoms with E-state index in [0.29, 0.717) is 17.8 Å². The fraction of sp³-hybridized carbons (Fsp3) is 0.200. The number of rotatable bonds is 6. The lowest BCUT2D eigenvalue weighted by Gasteiger charge is -2.19. The summed E-state index contributed by atoms with van der Waals surface area (Å²) in [4.78, 5) is 27.7. The van der Waals surface area contributed by atoms with E-state index in [1.807, 2.05) is 42.5 Å². The molecule has 0 fully saturated rings. The van der Waals surface area contributed by atoms with Crippen molar-refractivity contribution in [3.8, 4) is 0 Å². The largest absolute Gasteiger partial charge is 0.379 e. The van der Waals surface area contributed by atoms with Gasteiger partial charge in [-0.05, 0) is 53.4 Å². The lowest BCUT2D eigenvalue weighted by atomic mass is 9.87. The minimum atomic E-state index is -0.422. The maximum atomic E-state index is 12.7. The standard InChI is InChI=1S/C25H24N4O3S/c1-25(2,3)17-6-4-16(5-7-17)24(30)27-19-10-13-22-21(14-19)28-23(33-22)15-26-18-8-11-20(12-9-18)29(31)32/h4-14,26H,15H2,1-3H3,(H,27,30). The Balaban J connectivity index is 1.42. The Morgan fingerprint density at radius 1 is 1.00 bits per heavy atom. The molecule has 0 aliphatic carbocycles. The quantitative estimate of drug-likeness (QED) is 0.257. The number of amides is 1. The zero-order chi connectivity index (χ0) is 23.6. The van der Waals surface area contributed by atoms with Gasteiger partial charge in [0.1, 0.15) is 5.01 Å². The highest BCUT2D eigenvalue weighted by atomic mass is 32.1. The third-order valence-electron chi connectivity index (χ3n) is 5.22. The summed E-state index contributed by atoms with van der Waals surface area (Å²) in [5, 5.41) is 17.8. The summed E-state index contributed by atoms with van der Waals surface area (Å²) in [5.74, 6) is -0.162. The molecule has 8 heteroatoms. The second-order valence-corrected chi connectivity index (χ2v) is 9.84. The van der Waals surface area contributed by atoms with E-state index < -0.39 is 4.92 Å². The number of hydrogen-bond donors (Lipinski definition) is 2. The van der Waals surface area contributed by atoms with E-state index in [1.165, 1.54) is 17.7 Å². The third kappa shape index (κ3) is 5.35. The number of anilines is 2. The zero-order valence-electron chi connectivity index (χ0n) is 18.6. The van der Waals surface area contributed by atoms with Crippen LogP contribution in [0.1, 0.15) is 41.7 Å². The Morgan fingerprint density at radius 2 is 1.67 bits per heavy atom. The molecule has 0 saturated heterocycles. The molecular weight excluding hydrogens is 436 g/mol. The van der Waals surface area contributed by atoms with Crippen LogP contribution >= 0.6 is 11.3 Å². The molecule has 3 aromatic carbocycles. The Hall–Kier alpha value is -3.78. The summed E-state index contributed by atoms with van der Waals surface area (Å²) in [5.41, 5.74) is 4.15. The number of nitrogens with one attached hydrogen (secondary N) is 2. The van der Waals surface area contributed by atoms with E-state index in [9.17, 15) is 14.9 Å². The van der Waals surface area contributed by atoms with Crippen LogP contribution in [0.3, 0.4) is 0 Å². The molecule has 0 aliphatic heterocycles. The minimum Gasteiger partial charge on any atom is -0.379 e. The van der Waals surface area contributed by atoms with Gasteiger partial charge in [0.15, 0.2) is 0 Å². The minimum absolute atomic E-state index is 0.0374. The van der Waals surface area contributed by atoms with Crippen molar-refractivity contribution in [2.75, 3.05) is 10.6 Å². The summed E-state index contributed by atoms with van der Waals surface area (Å²) in [7, 11) is 0. The number of carbonyl (C=O) groups is 1. The number of carbonyl (C=O) groups excluding carboxylic acids is 1. The van der Waals surface area contributed by atoms with E-state index in [2.05, 4.69) is 36.4 Å². The normalized spacial score (nSPS) is 11.4. The molecular formula is C25H24N4O3S. The Labute approximate surface area is 195 Å². The molecule has 0 saturated carbocycles. The number of benzene rings is 3. The monoisotopic (exact) mass is 460 g/mol. The topological polar surface area (TPSA) is 97.2 Å². The molecule has 0 bridgehead atoms. The number of thiazole rings is 1. The van der Waals surface area contributed by atoms with Gasteiger partial charge in [0, 0.05) is 29.1 Å². The maximum Gasteiger partial charge on any atom is 0.269 e. The lowest BCUT2D eigenvalue weighted by Crippen LogP contribution is -2.14. The lowest BCUT2D eigenvalue weighted by molar-refractivity contribution is -0.384. The number of hydrogen-bond acceptors (Lipinski definition) is 6. The predicted molar refractivity (Wildman–Crippen MR) is 133 cm³/mol. The van der Waals surface area contributed by atoms with Crippen LogP contribution < -0.4 is 10.6 Å². The van der Waals surface area contributed by atoms with Crippen LogP contribution in [-0.4, -0.2) is 15.8 Å². The zero-order valence-corrected chi connectivity index (χ0v) is 19.4. The summed E-state index contributed by atoms with van der Waals surface area (Å²) in [6, 6.07) is 19.6. The molecule has 1 heterocycles. The van der Waals surface area contributed by atoms with Gasteiger partial charge in [-0.1, -0.05) is 32.9 Å². The number of non-ortho nitro benzene ring substituents is 1. The van der Waals surface area contributed by atoms with E-state index in [4.69, 9.17) is 0 Å². The average molecular weight is 461 g/mol. The second-order valence-electron chi connectivity index (χ2n) is 8.73. The molecule has 1 amide bonds. The highest BCUT2D eigenvalue weighted by Gasteiger charge is 2.15. The molecule has 4 aromatic rings. The van der Waals surface area contributed by atoms with Gasteiger partial charge in [-0.3, -0.25) is 14.9 Å². The first-order valence-corrected chi connectivity index (χ1v) is 11.3. The van der Waals surface area contributed by atoms with Crippen LogP contribution in [0.4, 0.5) is 17.1 Å². The fourth-order valence-corrected chi connectivity index (χ4v) is 4.22. The molecule has 0 radical (unpaired) electrons. The van der Waals surface area contributed by atoms with Crippen molar-refractivity contribution in [3.05, 3.63) is 93.0 Å². The van der Waals surface area contributed by atoms with Crippen molar-refractivity contribution in [2.45, 2.75) is 32.7 Å². The highest BCUT2D eigenvalue weighted by molar-refractivity contribution is 7.18. The van der Waals surface area contributed by atoms with Gasteiger partial charge in [-0.2, -0.15) is 0 Å². The van der Waals surface area contributed by atoms with Crippen LogP contribution in [0.15, 0.2) is 66.7 Å². The number of nitro groups is 1. The summed E-state index contributed by atoms with van der Waals surface area (Å²) < 4.78 is 1.02. The molecule has 168 valence electrons. The second kappa shape index (κ2) is 8.99. The van der Waals surface area contributed by atoms with Gasteiger partial charge in [-0.25, -0.2) is 4.98 Å².